The van der Waals surface area contributed by atoms with Crippen LogP contribution in [0.25, 0.3) is 67.8 Å². The van der Waals surface area contributed by atoms with Crippen LogP contribution in [0.5, 0.6) is 0 Å². The largest absolute Gasteiger partial charge is 0.236 e. The Hall–Kier alpha value is -6.59. The summed E-state index contributed by atoms with van der Waals surface area (Å²) in [5.41, 5.74) is 12.6. The number of aromatic nitrogens is 5. The SMILES string of the molecule is c1ccc(-c2nc(-c3ccccc3)nc(-c3cccc(-c4ncc5c(n4)C4(c6ccccc6-c6ccccc64)c4ccccc4-5)c3)n2)cc1. The van der Waals surface area contributed by atoms with Crippen LogP contribution in [0.4, 0.5) is 0 Å². The van der Waals surface area contributed by atoms with Crippen molar-refractivity contribution < 1.29 is 0 Å². The Morgan fingerprint density at radius 1 is 0.327 bits per heavy atom. The van der Waals surface area contributed by atoms with E-state index in [0.29, 0.717) is 23.3 Å². The third kappa shape index (κ3) is 4.09. The molecule has 5 nitrogen and oxygen atoms in total. The molecular weight excluding hydrogens is 599 g/mol. The fourth-order valence-corrected chi connectivity index (χ4v) is 7.69. The molecule has 8 aromatic rings. The van der Waals surface area contributed by atoms with Gasteiger partial charge in [0, 0.05) is 34.0 Å². The lowest BCUT2D eigenvalue weighted by molar-refractivity contribution is 0.757. The van der Waals surface area contributed by atoms with Crippen LogP contribution in [0.15, 0.2) is 164 Å². The monoisotopic (exact) mass is 625 g/mol. The number of rotatable bonds is 4. The highest BCUT2D eigenvalue weighted by molar-refractivity contribution is 5.94. The van der Waals surface area contributed by atoms with E-state index >= 15 is 0 Å². The molecule has 0 radical (unpaired) electrons. The minimum absolute atomic E-state index is 0.530. The van der Waals surface area contributed by atoms with E-state index in [9.17, 15) is 0 Å². The van der Waals surface area contributed by atoms with Crippen LogP contribution < -0.4 is 0 Å². The Morgan fingerprint density at radius 2 is 0.735 bits per heavy atom. The van der Waals surface area contributed by atoms with Gasteiger partial charge >= 0.3 is 0 Å². The molecule has 0 aliphatic heterocycles. The van der Waals surface area contributed by atoms with Gasteiger partial charge in [0.2, 0.25) is 0 Å². The molecule has 5 heteroatoms. The molecule has 2 aromatic heterocycles. The van der Waals surface area contributed by atoms with Crippen LogP contribution >= 0.6 is 0 Å². The first-order chi connectivity index (χ1) is 24.3. The van der Waals surface area contributed by atoms with Crippen LogP contribution in [0.2, 0.25) is 0 Å². The second-order valence-corrected chi connectivity index (χ2v) is 12.5. The van der Waals surface area contributed by atoms with Crippen molar-refractivity contribution >= 4 is 0 Å². The Morgan fingerprint density at radius 3 is 1.27 bits per heavy atom. The first-order valence-electron chi connectivity index (χ1n) is 16.4. The summed E-state index contributed by atoms with van der Waals surface area (Å²) in [6.45, 7) is 0. The van der Waals surface area contributed by atoms with Gasteiger partial charge in [0.15, 0.2) is 23.3 Å². The van der Waals surface area contributed by atoms with E-state index in [1.54, 1.807) is 0 Å². The molecule has 0 bridgehead atoms. The molecule has 2 heterocycles. The molecule has 2 aliphatic carbocycles. The highest BCUT2D eigenvalue weighted by Crippen LogP contribution is 2.62. The van der Waals surface area contributed by atoms with Gasteiger partial charge in [-0.1, -0.05) is 152 Å². The maximum absolute atomic E-state index is 5.47. The van der Waals surface area contributed by atoms with E-state index in [0.717, 1.165) is 33.5 Å². The predicted octanol–water partition coefficient (Wildman–Crippen LogP) is 9.67. The molecule has 0 unspecified atom stereocenters. The van der Waals surface area contributed by atoms with Gasteiger partial charge in [0.05, 0.1) is 11.1 Å². The first-order valence-corrected chi connectivity index (χ1v) is 16.4. The molecule has 0 amide bonds. The summed E-state index contributed by atoms with van der Waals surface area (Å²) in [7, 11) is 0. The lowest BCUT2D eigenvalue weighted by Gasteiger charge is -2.29. The molecule has 6 aromatic carbocycles. The molecule has 0 fully saturated rings. The van der Waals surface area contributed by atoms with Gasteiger partial charge in [-0.2, -0.15) is 0 Å². The summed E-state index contributed by atoms with van der Waals surface area (Å²) < 4.78 is 0. The fraction of sp³-hybridized carbons (Fsp3) is 0.0227. The van der Waals surface area contributed by atoms with Crippen molar-refractivity contribution in [3.63, 3.8) is 0 Å². The second-order valence-electron chi connectivity index (χ2n) is 12.5. The Labute approximate surface area is 283 Å². The molecule has 1 spiro atoms. The van der Waals surface area contributed by atoms with Crippen molar-refractivity contribution in [3.05, 3.63) is 186 Å². The van der Waals surface area contributed by atoms with Crippen molar-refractivity contribution in [2.75, 3.05) is 0 Å². The van der Waals surface area contributed by atoms with Crippen LogP contribution in [0.1, 0.15) is 22.4 Å². The van der Waals surface area contributed by atoms with Crippen LogP contribution in [-0.2, 0) is 5.41 Å². The smallest absolute Gasteiger partial charge is 0.164 e. The zero-order valence-electron chi connectivity index (χ0n) is 26.3. The normalized spacial score (nSPS) is 13.1. The lowest BCUT2D eigenvalue weighted by atomic mass is 9.72. The Balaban J connectivity index is 1.15. The average molecular weight is 626 g/mol. The molecule has 10 rings (SSSR count). The third-order valence-corrected chi connectivity index (χ3v) is 9.80. The summed E-state index contributed by atoms with van der Waals surface area (Å²) in [4.78, 5) is 25.3. The van der Waals surface area contributed by atoms with Crippen LogP contribution in [0, 0.1) is 0 Å². The van der Waals surface area contributed by atoms with Crippen molar-refractivity contribution in [1.82, 2.24) is 24.9 Å². The number of hydrogen-bond donors (Lipinski definition) is 0. The van der Waals surface area contributed by atoms with Crippen molar-refractivity contribution in [3.8, 4) is 67.8 Å². The van der Waals surface area contributed by atoms with Crippen molar-refractivity contribution in [2.45, 2.75) is 5.41 Å². The van der Waals surface area contributed by atoms with E-state index < -0.39 is 5.41 Å². The maximum Gasteiger partial charge on any atom is 0.164 e. The summed E-state index contributed by atoms with van der Waals surface area (Å²) in [5, 5.41) is 0. The van der Waals surface area contributed by atoms with E-state index in [-0.39, 0.29) is 0 Å². The molecular formula is C44H27N5. The standard InChI is InChI=1S/C44H27N5/c1-3-14-28(15-4-1)41-47-42(29-16-5-2-6-17-29)49-43(48-41)31-19-13-18-30(26-31)40-45-27-35-34-22-9-12-25-38(34)44(39(35)46-40)36-23-10-7-20-32(36)33-21-8-11-24-37(33)44/h1-27H. The molecule has 0 saturated carbocycles. The highest BCUT2D eigenvalue weighted by atomic mass is 15.0. The first kappa shape index (κ1) is 27.5. The molecule has 49 heavy (non-hydrogen) atoms. The highest BCUT2D eigenvalue weighted by Gasteiger charge is 2.53. The predicted molar refractivity (Wildman–Crippen MR) is 193 cm³/mol. The van der Waals surface area contributed by atoms with Crippen LogP contribution in [0.3, 0.4) is 0 Å². The van der Waals surface area contributed by atoms with Gasteiger partial charge in [-0.05, 0) is 39.4 Å². The van der Waals surface area contributed by atoms with E-state index in [1.807, 2.05) is 79.0 Å². The zero-order valence-corrected chi connectivity index (χ0v) is 26.3. The molecule has 228 valence electrons. The minimum Gasteiger partial charge on any atom is -0.236 e. The van der Waals surface area contributed by atoms with Crippen LogP contribution in [-0.4, -0.2) is 24.9 Å². The topological polar surface area (TPSA) is 64.5 Å². The molecule has 2 aliphatic rings. The summed E-state index contributed by atoms with van der Waals surface area (Å²) in [6.07, 6.45) is 2.01. The van der Waals surface area contributed by atoms with Gasteiger partial charge in [-0.3, -0.25) is 0 Å². The van der Waals surface area contributed by atoms with Gasteiger partial charge in [0.25, 0.3) is 0 Å². The number of hydrogen-bond acceptors (Lipinski definition) is 5. The maximum atomic E-state index is 5.47. The number of benzene rings is 6. The van der Waals surface area contributed by atoms with E-state index in [1.165, 1.54) is 33.4 Å². The van der Waals surface area contributed by atoms with Gasteiger partial charge < -0.3 is 0 Å². The van der Waals surface area contributed by atoms with Crippen molar-refractivity contribution in [1.29, 1.82) is 0 Å². The average Bonchev–Trinajstić information content (AvgIpc) is 3.66. The van der Waals surface area contributed by atoms with Crippen molar-refractivity contribution in [2.24, 2.45) is 0 Å². The van der Waals surface area contributed by atoms with Gasteiger partial charge in [-0.25, -0.2) is 24.9 Å². The molecule has 0 atom stereocenters. The van der Waals surface area contributed by atoms with Gasteiger partial charge in [0.1, 0.15) is 0 Å². The quantitative estimate of drug-likeness (QED) is 0.195. The molecule has 0 N–H and O–H groups in total. The number of nitrogens with zero attached hydrogens (tertiary/aromatic N) is 5. The summed E-state index contributed by atoms with van der Waals surface area (Å²) in [5.74, 6) is 2.51. The lowest BCUT2D eigenvalue weighted by Crippen LogP contribution is -2.27. The summed E-state index contributed by atoms with van der Waals surface area (Å²) >= 11 is 0. The number of fused-ring (bicyclic) bond motifs is 10. The zero-order chi connectivity index (χ0) is 32.4. The van der Waals surface area contributed by atoms with E-state index in [2.05, 4.69) is 84.9 Å². The minimum atomic E-state index is -0.530. The molecule has 0 saturated heterocycles. The Kier molecular flexibility index (Phi) is 6.02. The fourth-order valence-electron chi connectivity index (χ4n) is 7.69. The summed E-state index contributed by atoms with van der Waals surface area (Å²) in [6, 6.07) is 54.5. The Bertz CT molecular complexity index is 2440. The van der Waals surface area contributed by atoms with E-state index in [4.69, 9.17) is 24.9 Å². The second kappa shape index (κ2) is 10.7. The van der Waals surface area contributed by atoms with Gasteiger partial charge in [-0.15, -0.1) is 0 Å². The third-order valence-electron chi connectivity index (χ3n) is 9.80.